The fourth-order valence-electron chi connectivity index (χ4n) is 0.996. The molecule has 0 amide bonds. The SMILES string of the molecule is CO[C@H](C(=O)[O-])c1ccccc1. The molecular weight excluding hydrogens is 156 g/mol. The minimum absolute atomic E-state index is 0.597. The molecule has 12 heavy (non-hydrogen) atoms. The molecule has 0 unspecified atom stereocenters. The van der Waals surface area contributed by atoms with E-state index in [1.54, 1.807) is 24.3 Å². The zero-order valence-electron chi connectivity index (χ0n) is 6.69. The molecule has 0 fully saturated rings. The Morgan fingerprint density at radius 1 is 1.42 bits per heavy atom. The summed E-state index contributed by atoms with van der Waals surface area (Å²) < 4.78 is 4.74. The third-order valence-corrected chi connectivity index (χ3v) is 1.55. The van der Waals surface area contributed by atoms with Gasteiger partial charge in [-0.05, 0) is 5.56 Å². The lowest BCUT2D eigenvalue weighted by Crippen LogP contribution is -2.30. The van der Waals surface area contributed by atoms with E-state index in [0.717, 1.165) is 0 Å². The van der Waals surface area contributed by atoms with Crippen LogP contribution < -0.4 is 5.11 Å². The van der Waals surface area contributed by atoms with E-state index < -0.39 is 12.1 Å². The summed E-state index contributed by atoms with van der Waals surface area (Å²) >= 11 is 0. The highest BCUT2D eigenvalue weighted by atomic mass is 16.5. The number of carbonyl (C=O) groups excluding carboxylic acids is 1. The Morgan fingerprint density at radius 2 is 2.00 bits per heavy atom. The van der Waals surface area contributed by atoms with Crippen LogP contribution in [0.5, 0.6) is 0 Å². The van der Waals surface area contributed by atoms with Gasteiger partial charge < -0.3 is 14.6 Å². The molecule has 0 N–H and O–H groups in total. The highest BCUT2D eigenvalue weighted by Crippen LogP contribution is 2.14. The first-order valence-electron chi connectivity index (χ1n) is 3.54. The van der Waals surface area contributed by atoms with Crippen molar-refractivity contribution in [2.45, 2.75) is 6.10 Å². The number of aliphatic carboxylic acids is 1. The summed E-state index contributed by atoms with van der Waals surface area (Å²) in [4.78, 5) is 10.5. The van der Waals surface area contributed by atoms with Crippen molar-refractivity contribution in [1.82, 2.24) is 0 Å². The van der Waals surface area contributed by atoms with E-state index in [2.05, 4.69) is 0 Å². The van der Waals surface area contributed by atoms with Crippen molar-refractivity contribution in [2.75, 3.05) is 7.11 Å². The van der Waals surface area contributed by atoms with Gasteiger partial charge in [-0.15, -0.1) is 0 Å². The second-order valence-electron chi connectivity index (χ2n) is 2.35. The largest absolute Gasteiger partial charge is 0.547 e. The Balaban J connectivity index is 2.88. The van der Waals surface area contributed by atoms with Gasteiger partial charge in [0.1, 0.15) is 6.10 Å². The van der Waals surface area contributed by atoms with Crippen LogP contribution in [0.3, 0.4) is 0 Å². The molecular formula is C9H9O3-. The number of rotatable bonds is 3. The predicted molar refractivity (Wildman–Crippen MR) is 41.2 cm³/mol. The van der Waals surface area contributed by atoms with Crippen molar-refractivity contribution >= 4 is 5.97 Å². The van der Waals surface area contributed by atoms with E-state index in [-0.39, 0.29) is 0 Å². The molecule has 1 rings (SSSR count). The lowest BCUT2D eigenvalue weighted by Gasteiger charge is -2.15. The van der Waals surface area contributed by atoms with Crippen LogP contribution in [0.2, 0.25) is 0 Å². The van der Waals surface area contributed by atoms with Crippen molar-refractivity contribution in [3.63, 3.8) is 0 Å². The molecule has 0 bridgehead atoms. The van der Waals surface area contributed by atoms with E-state index in [0.29, 0.717) is 5.56 Å². The number of ether oxygens (including phenoxy) is 1. The van der Waals surface area contributed by atoms with Crippen LogP contribution in [-0.2, 0) is 9.53 Å². The van der Waals surface area contributed by atoms with Gasteiger partial charge in [0, 0.05) is 7.11 Å². The first kappa shape index (κ1) is 8.74. The molecule has 0 aliphatic heterocycles. The Hall–Kier alpha value is -1.35. The van der Waals surface area contributed by atoms with Gasteiger partial charge in [0.25, 0.3) is 0 Å². The molecule has 3 heteroatoms. The number of carboxylic acid groups (broad SMARTS) is 1. The predicted octanol–water partition coefficient (Wildman–Crippen LogP) is 0.124. The summed E-state index contributed by atoms with van der Waals surface area (Å²) in [6, 6.07) is 8.69. The standard InChI is InChI=1S/C9H10O3/c1-12-8(9(10)11)7-5-3-2-4-6-7/h2-6,8H,1H3,(H,10,11)/p-1/t8-/m0/s1. The highest BCUT2D eigenvalue weighted by Gasteiger charge is 2.09. The fourth-order valence-corrected chi connectivity index (χ4v) is 0.996. The summed E-state index contributed by atoms with van der Waals surface area (Å²) in [6.45, 7) is 0. The van der Waals surface area contributed by atoms with Crippen LogP contribution in [0.4, 0.5) is 0 Å². The van der Waals surface area contributed by atoms with Crippen molar-refractivity contribution in [2.24, 2.45) is 0 Å². The third kappa shape index (κ3) is 1.83. The Kier molecular flexibility index (Phi) is 2.82. The smallest absolute Gasteiger partial charge is 0.121 e. The first-order chi connectivity index (χ1) is 5.75. The number of hydrogen-bond donors (Lipinski definition) is 0. The van der Waals surface area contributed by atoms with Crippen molar-refractivity contribution < 1.29 is 14.6 Å². The summed E-state index contributed by atoms with van der Waals surface area (Å²) in [5, 5.41) is 10.5. The summed E-state index contributed by atoms with van der Waals surface area (Å²) in [6.07, 6.45) is -0.966. The van der Waals surface area contributed by atoms with Crippen molar-refractivity contribution in [1.29, 1.82) is 0 Å². The van der Waals surface area contributed by atoms with E-state index in [1.807, 2.05) is 6.07 Å². The van der Waals surface area contributed by atoms with Crippen LogP contribution in [0.1, 0.15) is 11.7 Å². The number of carboxylic acids is 1. The van der Waals surface area contributed by atoms with Crippen LogP contribution in [-0.4, -0.2) is 13.1 Å². The van der Waals surface area contributed by atoms with E-state index in [1.165, 1.54) is 7.11 Å². The van der Waals surface area contributed by atoms with Gasteiger partial charge in [-0.1, -0.05) is 30.3 Å². The number of methoxy groups -OCH3 is 1. The monoisotopic (exact) mass is 165 g/mol. The molecule has 3 nitrogen and oxygen atoms in total. The van der Waals surface area contributed by atoms with E-state index >= 15 is 0 Å². The molecule has 0 aliphatic rings. The maximum Gasteiger partial charge on any atom is 0.121 e. The van der Waals surface area contributed by atoms with Crippen molar-refractivity contribution in [3.8, 4) is 0 Å². The normalized spacial score (nSPS) is 12.4. The molecule has 1 aromatic rings. The minimum Gasteiger partial charge on any atom is -0.547 e. The summed E-state index contributed by atoms with van der Waals surface area (Å²) in [5.41, 5.74) is 0.597. The number of benzene rings is 1. The number of carbonyl (C=O) groups is 1. The van der Waals surface area contributed by atoms with Gasteiger partial charge in [0.05, 0.1) is 5.97 Å². The van der Waals surface area contributed by atoms with E-state index in [4.69, 9.17) is 4.74 Å². The molecule has 0 spiro atoms. The van der Waals surface area contributed by atoms with Gasteiger partial charge in [0.2, 0.25) is 0 Å². The minimum atomic E-state index is -1.22. The Labute approximate surface area is 70.6 Å². The molecule has 64 valence electrons. The average Bonchev–Trinajstić information content (AvgIpc) is 2.07. The van der Waals surface area contributed by atoms with Crippen LogP contribution in [0, 0.1) is 0 Å². The molecule has 0 aromatic heterocycles. The Morgan fingerprint density at radius 3 is 2.42 bits per heavy atom. The van der Waals surface area contributed by atoms with Gasteiger partial charge in [-0.3, -0.25) is 0 Å². The van der Waals surface area contributed by atoms with Gasteiger partial charge in [0.15, 0.2) is 0 Å². The number of hydrogen-bond acceptors (Lipinski definition) is 3. The average molecular weight is 165 g/mol. The van der Waals surface area contributed by atoms with Crippen LogP contribution in [0.25, 0.3) is 0 Å². The first-order valence-corrected chi connectivity index (χ1v) is 3.54. The maximum absolute atomic E-state index is 10.5. The zero-order chi connectivity index (χ0) is 8.97. The fraction of sp³-hybridized carbons (Fsp3) is 0.222. The Bertz CT molecular complexity index is 256. The topological polar surface area (TPSA) is 49.4 Å². The second-order valence-corrected chi connectivity index (χ2v) is 2.35. The molecule has 1 aromatic carbocycles. The van der Waals surface area contributed by atoms with Gasteiger partial charge >= 0.3 is 0 Å². The second kappa shape index (κ2) is 3.88. The van der Waals surface area contributed by atoms with Crippen LogP contribution in [0.15, 0.2) is 30.3 Å². The molecule has 0 aliphatic carbocycles. The lowest BCUT2D eigenvalue weighted by atomic mass is 10.1. The van der Waals surface area contributed by atoms with Crippen LogP contribution >= 0.6 is 0 Å². The quantitative estimate of drug-likeness (QED) is 0.639. The molecule has 1 atom stereocenters. The van der Waals surface area contributed by atoms with Crippen molar-refractivity contribution in [3.05, 3.63) is 35.9 Å². The van der Waals surface area contributed by atoms with Gasteiger partial charge in [-0.25, -0.2) is 0 Å². The summed E-state index contributed by atoms with van der Waals surface area (Å²) in [7, 11) is 1.34. The molecule has 0 heterocycles. The van der Waals surface area contributed by atoms with E-state index in [9.17, 15) is 9.90 Å². The highest BCUT2D eigenvalue weighted by molar-refractivity contribution is 5.72. The summed E-state index contributed by atoms with van der Waals surface area (Å²) in [5.74, 6) is -1.22. The lowest BCUT2D eigenvalue weighted by molar-refractivity contribution is -0.316. The molecule has 0 saturated carbocycles. The zero-order valence-corrected chi connectivity index (χ0v) is 6.69. The maximum atomic E-state index is 10.5. The molecule has 0 radical (unpaired) electrons. The van der Waals surface area contributed by atoms with Gasteiger partial charge in [-0.2, -0.15) is 0 Å². The molecule has 0 saturated heterocycles. The third-order valence-electron chi connectivity index (χ3n) is 1.55.